The second kappa shape index (κ2) is 8.44. The summed E-state index contributed by atoms with van der Waals surface area (Å²) in [6, 6.07) is 0. The minimum atomic E-state index is 0.130. The second-order valence-corrected chi connectivity index (χ2v) is 6.24. The molecule has 2 bridgehead atoms. The molecule has 3 aliphatic heterocycles. The molecule has 0 aromatic carbocycles. The molecular formula is C16H33N3O2. The van der Waals surface area contributed by atoms with E-state index in [9.17, 15) is 0 Å². The van der Waals surface area contributed by atoms with Crippen LogP contribution in [0, 0.1) is 5.92 Å². The maximum Gasteiger partial charge on any atom is 0.0593 e. The third-order valence-electron chi connectivity index (χ3n) is 5.25. The van der Waals surface area contributed by atoms with E-state index in [1.54, 1.807) is 0 Å². The van der Waals surface area contributed by atoms with Crippen LogP contribution in [0.25, 0.3) is 0 Å². The molecule has 0 aromatic heterocycles. The van der Waals surface area contributed by atoms with E-state index in [1.807, 2.05) is 0 Å². The van der Waals surface area contributed by atoms with Gasteiger partial charge in [0.15, 0.2) is 0 Å². The number of fused-ring (bicyclic) bond motifs is 3. The smallest absolute Gasteiger partial charge is 0.0593 e. The van der Waals surface area contributed by atoms with E-state index in [1.165, 1.54) is 25.9 Å². The van der Waals surface area contributed by atoms with Crippen LogP contribution >= 0.6 is 0 Å². The fourth-order valence-corrected chi connectivity index (χ4v) is 4.06. The van der Waals surface area contributed by atoms with Crippen LogP contribution in [0.15, 0.2) is 0 Å². The number of hydrogen-bond donors (Lipinski definition) is 1. The molecule has 0 aliphatic carbocycles. The molecule has 3 fully saturated rings. The van der Waals surface area contributed by atoms with Gasteiger partial charge in [-0.2, -0.15) is 0 Å². The van der Waals surface area contributed by atoms with Crippen LogP contribution in [0.3, 0.4) is 0 Å². The maximum atomic E-state index is 6.28. The Balaban J connectivity index is 2.03. The lowest BCUT2D eigenvalue weighted by Gasteiger charge is -2.57. The first kappa shape index (κ1) is 17.2. The van der Waals surface area contributed by atoms with Gasteiger partial charge in [0.05, 0.1) is 13.2 Å². The Morgan fingerprint density at radius 2 is 1.67 bits per heavy atom. The topological polar surface area (TPSA) is 51.0 Å². The number of piperidine rings is 3. The quantitative estimate of drug-likeness (QED) is 0.604. The lowest BCUT2D eigenvalue weighted by molar-refractivity contribution is -0.0817. The van der Waals surface area contributed by atoms with Crippen molar-refractivity contribution in [3.8, 4) is 0 Å². The van der Waals surface area contributed by atoms with Gasteiger partial charge in [-0.3, -0.25) is 4.90 Å². The van der Waals surface area contributed by atoms with Crippen molar-refractivity contribution in [3.63, 3.8) is 0 Å². The Morgan fingerprint density at radius 3 is 2.05 bits per heavy atom. The molecule has 21 heavy (non-hydrogen) atoms. The van der Waals surface area contributed by atoms with Crippen molar-refractivity contribution >= 4 is 0 Å². The van der Waals surface area contributed by atoms with Crippen molar-refractivity contribution in [2.75, 3.05) is 65.7 Å². The monoisotopic (exact) mass is 299 g/mol. The van der Waals surface area contributed by atoms with Crippen LogP contribution in [0.5, 0.6) is 0 Å². The number of hydrogen-bond acceptors (Lipinski definition) is 5. The van der Waals surface area contributed by atoms with Gasteiger partial charge in [-0.15, -0.1) is 0 Å². The van der Waals surface area contributed by atoms with E-state index in [4.69, 9.17) is 15.2 Å². The minimum Gasteiger partial charge on any atom is -0.380 e. The summed E-state index contributed by atoms with van der Waals surface area (Å²) in [4.78, 5) is 5.15. The summed E-state index contributed by atoms with van der Waals surface area (Å²) in [6.07, 6.45) is 2.58. The first-order valence-corrected chi connectivity index (χ1v) is 8.59. The Kier molecular flexibility index (Phi) is 6.89. The molecule has 124 valence electrons. The van der Waals surface area contributed by atoms with Crippen LogP contribution < -0.4 is 5.73 Å². The van der Waals surface area contributed by atoms with Crippen LogP contribution in [-0.2, 0) is 9.47 Å². The van der Waals surface area contributed by atoms with E-state index in [-0.39, 0.29) is 5.54 Å². The largest absolute Gasteiger partial charge is 0.380 e. The van der Waals surface area contributed by atoms with Gasteiger partial charge in [0.25, 0.3) is 0 Å². The molecule has 0 saturated carbocycles. The van der Waals surface area contributed by atoms with E-state index < -0.39 is 0 Å². The zero-order valence-electron chi connectivity index (χ0n) is 13.9. The molecule has 0 aromatic rings. The van der Waals surface area contributed by atoms with Crippen LogP contribution in [-0.4, -0.2) is 81.0 Å². The summed E-state index contributed by atoms with van der Waals surface area (Å²) >= 11 is 0. The second-order valence-electron chi connectivity index (χ2n) is 6.24. The highest BCUT2D eigenvalue weighted by Gasteiger charge is 2.49. The lowest BCUT2D eigenvalue weighted by Crippen LogP contribution is -2.70. The van der Waals surface area contributed by atoms with Crippen molar-refractivity contribution in [2.24, 2.45) is 11.7 Å². The van der Waals surface area contributed by atoms with E-state index >= 15 is 0 Å². The van der Waals surface area contributed by atoms with Gasteiger partial charge >= 0.3 is 0 Å². The highest BCUT2D eigenvalue weighted by Crippen LogP contribution is 2.39. The number of ether oxygens (including phenoxy) is 2. The first-order chi connectivity index (χ1) is 10.3. The van der Waals surface area contributed by atoms with Gasteiger partial charge in [-0.25, -0.2) is 0 Å². The fourth-order valence-electron chi connectivity index (χ4n) is 4.06. The maximum absolute atomic E-state index is 6.28. The molecule has 1 unspecified atom stereocenters. The van der Waals surface area contributed by atoms with Crippen molar-refractivity contribution in [3.05, 3.63) is 0 Å². The van der Waals surface area contributed by atoms with E-state index in [2.05, 4.69) is 23.6 Å². The normalized spacial score (nSPS) is 32.0. The summed E-state index contributed by atoms with van der Waals surface area (Å²) in [5, 5.41) is 0. The minimum absolute atomic E-state index is 0.130. The molecule has 1 atom stereocenters. The van der Waals surface area contributed by atoms with Crippen molar-refractivity contribution in [1.82, 2.24) is 9.80 Å². The summed E-state index contributed by atoms with van der Waals surface area (Å²) in [5.41, 5.74) is 6.41. The fraction of sp³-hybridized carbons (Fsp3) is 1.00. The van der Waals surface area contributed by atoms with Crippen molar-refractivity contribution in [2.45, 2.75) is 32.2 Å². The van der Waals surface area contributed by atoms with Gasteiger partial charge in [-0.1, -0.05) is 0 Å². The van der Waals surface area contributed by atoms with E-state index in [0.717, 1.165) is 58.5 Å². The summed E-state index contributed by atoms with van der Waals surface area (Å²) < 4.78 is 11.2. The van der Waals surface area contributed by atoms with Crippen molar-refractivity contribution in [1.29, 1.82) is 0 Å². The standard InChI is InChI=1S/C16H33N3O2/c1-3-20-11-9-19(10-12-21-4-2)16(13-17)14-18-7-5-15(16)6-8-18/h15H,3-14,17H2,1-2H3. The van der Waals surface area contributed by atoms with Crippen LogP contribution in [0.1, 0.15) is 26.7 Å². The predicted molar refractivity (Wildman–Crippen MR) is 85.5 cm³/mol. The number of nitrogens with two attached hydrogens (primary N) is 1. The molecule has 0 amide bonds. The van der Waals surface area contributed by atoms with Gasteiger partial charge in [0.1, 0.15) is 0 Å². The van der Waals surface area contributed by atoms with Gasteiger partial charge < -0.3 is 20.1 Å². The van der Waals surface area contributed by atoms with Crippen molar-refractivity contribution < 1.29 is 9.47 Å². The summed E-state index contributed by atoms with van der Waals surface area (Å²) in [7, 11) is 0. The number of rotatable bonds is 10. The molecule has 5 heteroatoms. The number of nitrogens with zero attached hydrogens (tertiary/aromatic N) is 2. The van der Waals surface area contributed by atoms with Crippen LogP contribution in [0.2, 0.25) is 0 Å². The Hall–Kier alpha value is -0.200. The molecule has 3 saturated heterocycles. The Bertz CT molecular complexity index is 285. The predicted octanol–water partition coefficient (Wildman–Crippen LogP) is 0.785. The molecule has 5 nitrogen and oxygen atoms in total. The van der Waals surface area contributed by atoms with Gasteiger partial charge in [0, 0.05) is 44.9 Å². The third kappa shape index (κ3) is 3.96. The zero-order valence-corrected chi connectivity index (χ0v) is 13.9. The Labute approximate surface area is 129 Å². The molecule has 3 heterocycles. The molecule has 2 N–H and O–H groups in total. The molecule has 0 radical (unpaired) electrons. The Morgan fingerprint density at radius 1 is 1.10 bits per heavy atom. The first-order valence-electron chi connectivity index (χ1n) is 8.59. The van der Waals surface area contributed by atoms with Gasteiger partial charge in [0.2, 0.25) is 0 Å². The van der Waals surface area contributed by atoms with E-state index in [0.29, 0.717) is 0 Å². The molecular weight excluding hydrogens is 266 g/mol. The van der Waals surface area contributed by atoms with Gasteiger partial charge in [-0.05, 0) is 45.7 Å². The van der Waals surface area contributed by atoms with Crippen LogP contribution in [0.4, 0.5) is 0 Å². The highest BCUT2D eigenvalue weighted by molar-refractivity contribution is 5.06. The zero-order chi connectivity index (χ0) is 15.1. The molecule has 0 spiro atoms. The SMILES string of the molecule is CCOCCN(CCOCC)C1(CN)CN2CCC1CC2. The average molecular weight is 299 g/mol. The highest BCUT2D eigenvalue weighted by atomic mass is 16.5. The average Bonchev–Trinajstić information content (AvgIpc) is 2.54. The third-order valence-corrected chi connectivity index (χ3v) is 5.25. The molecule has 3 aliphatic rings. The summed E-state index contributed by atoms with van der Waals surface area (Å²) in [5.74, 6) is 0.732. The molecule has 3 rings (SSSR count). The lowest BCUT2D eigenvalue weighted by atomic mass is 9.71. The summed E-state index contributed by atoms with van der Waals surface area (Å²) in [6.45, 7) is 13.5.